The highest BCUT2D eigenvalue weighted by Gasteiger charge is 2.30. The largest absolute Gasteiger partial charge is 0.361 e. The molecule has 0 aliphatic carbocycles. The topological polar surface area (TPSA) is 111 Å². The maximum absolute atomic E-state index is 13.1. The SMILES string of the molecule is CC(C)C(=O)NC(Cc1c[nH]c2ccccc12)C(=O)NC1CCCN(S(C)(=O)=O)C1. The van der Waals surface area contributed by atoms with Crippen molar-refractivity contribution >= 4 is 32.7 Å². The number of nitrogens with one attached hydrogen (secondary N) is 3. The number of carbonyl (C=O) groups excluding carboxylic acids is 2. The molecule has 2 atom stereocenters. The lowest BCUT2D eigenvalue weighted by molar-refractivity contribution is -0.131. The Bertz CT molecular complexity index is 1010. The van der Waals surface area contributed by atoms with Crippen LogP contribution in [0.2, 0.25) is 0 Å². The molecule has 2 aromatic rings. The van der Waals surface area contributed by atoms with Gasteiger partial charge >= 0.3 is 0 Å². The number of rotatable bonds is 7. The fraction of sp³-hybridized carbons (Fsp3) is 0.524. The molecule has 2 heterocycles. The average molecular weight is 435 g/mol. The third-order valence-electron chi connectivity index (χ3n) is 5.46. The van der Waals surface area contributed by atoms with Crippen molar-refractivity contribution < 1.29 is 18.0 Å². The smallest absolute Gasteiger partial charge is 0.243 e. The molecule has 0 bridgehead atoms. The molecule has 30 heavy (non-hydrogen) atoms. The normalized spacial score (nSPS) is 19.0. The maximum Gasteiger partial charge on any atom is 0.243 e. The second-order valence-corrected chi connectivity index (χ2v) is 10.2. The number of aromatic nitrogens is 1. The van der Waals surface area contributed by atoms with E-state index in [-0.39, 0.29) is 30.3 Å². The number of piperidine rings is 1. The van der Waals surface area contributed by atoms with Gasteiger partial charge in [-0.15, -0.1) is 0 Å². The Morgan fingerprint density at radius 3 is 2.67 bits per heavy atom. The van der Waals surface area contributed by atoms with Gasteiger partial charge in [-0.3, -0.25) is 9.59 Å². The number of benzene rings is 1. The van der Waals surface area contributed by atoms with Crippen LogP contribution < -0.4 is 10.6 Å². The Morgan fingerprint density at radius 1 is 1.23 bits per heavy atom. The third kappa shape index (κ3) is 5.40. The minimum absolute atomic E-state index is 0.198. The summed E-state index contributed by atoms with van der Waals surface area (Å²) < 4.78 is 25.1. The van der Waals surface area contributed by atoms with Crippen LogP contribution in [0.25, 0.3) is 10.9 Å². The van der Waals surface area contributed by atoms with Gasteiger partial charge in [0, 0.05) is 48.6 Å². The van der Waals surface area contributed by atoms with Crippen LogP contribution in [0.4, 0.5) is 0 Å². The highest BCUT2D eigenvalue weighted by Crippen LogP contribution is 2.20. The van der Waals surface area contributed by atoms with Crippen LogP contribution in [0.3, 0.4) is 0 Å². The summed E-state index contributed by atoms with van der Waals surface area (Å²) in [6.07, 6.45) is 4.77. The van der Waals surface area contributed by atoms with Crippen molar-refractivity contribution in [2.24, 2.45) is 5.92 Å². The molecule has 164 valence electrons. The van der Waals surface area contributed by atoms with E-state index in [1.54, 1.807) is 13.8 Å². The van der Waals surface area contributed by atoms with Gasteiger partial charge in [0.1, 0.15) is 6.04 Å². The lowest BCUT2D eigenvalue weighted by Crippen LogP contribution is -2.55. The van der Waals surface area contributed by atoms with E-state index in [4.69, 9.17) is 0 Å². The average Bonchev–Trinajstić information content (AvgIpc) is 3.10. The molecule has 0 saturated carbocycles. The predicted octanol–water partition coefficient (Wildman–Crippen LogP) is 1.39. The van der Waals surface area contributed by atoms with E-state index in [9.17, 15) is 18.0 Å². The van der Waals surface area contributed by atoms with Crippen molar-refractivity contribution in [3.63, 3.8) is 0 Å². The molecule has 1 aliphatic heterocycles. The van der Waals surface area contributed by atoms with Crippen LogP contribution in [-0.4, -0.2) is 61.0 Å². The van der Waals surface area contributed by atoms with E-state index in [1.165, 1.54) is 10.6 Å². The molecule has 9 heteroatoms. The van der Waals surface area contributed by atoms with E-state index in [1.807, 2.05) is 30.5 Å². The fourth-order valence-corrected chi connectivity index (χ4v) is 4.64. The van der Waals surface area contributed by atoms with Crippen LogP contribution in [0, 0.1) is 5.92 Å². The summed E-state index contributed by atoms with van der Waals surface area (Å²) in [4.78, 5) is 28.6. The first kappa shape index (κ1) is 22.3. The standard InChI is InChI=1S/C21H30N4O4S/c1-14(2)20(26)24-19(11-15-12-22-18-9-5-4-8-17(15)18)21(27)23-16-7-6-10-25(13-16)30(3,28)29/h4-5,8-9,12,14,16,19,22H,6-7,10-11,13H2,1-3H3,(H,23,27)(H,24,26). The van der Waals surface area contributed by atoms with Gasteiger partial charge in [0.05, 0.1) is 6.26 Å². The number of carbonyl (C=O) groups is 2. The van der Waals surface area contributed by atoms with Gasteiger partial charge in [0.2, 0.25) is 21.8 Å². The molecule has 0 spiro atoms. The number of nitrogens with zero attached hydrogens (tertiary/aromatic N) is 1. The third-order valence-corrected chi connectivity index (χ3v) is 6.73. The number of para-hydroxylation sites is 1. The number of sulfonamides is 1. The predicted molar refractivity (Wildman–Crippen MR) is 116 cm³/mol. The summed E-state index contributed by atoms with van der Waals surface area (Å²) >= 11 is 0. The van der Waals surface area contributed by atoms with Crippen LogP contribution in [-0.2, 0) is 26.0 Å². The number of aromatic amines is 1. The van der Waals surface area contributed by atoms with Gasteiger partial charge < -0.3 is 15.6 Å². The fourth-order valence-electron chi connectivity index (χ4n) is 3.73. The number of hydrogen-bond donors (Lipinski definition) is 3. The molecule has 1 aliphatic rings. The van der Waals surface area contributed by atoms with Crippen LogP contribution in [0.1, 0.15) is 32.3 Å². The Morgan fingerprint density at radius 2 is 1.97 bits per heavy atom. The zero-order valence-corrected chi connectivity index (χ0v) is 18.5. The van der Waals surface area contributed by atoms with Crippen molar-refractivity contribution in [1.29, 1.82) is 0 Å². The molecular weight excluding hydrogens is 404 g/mol. The molecule has 2 unspecified atom stereocenters. The summed E-state index contributed by atoms with van der Waals surface area (Å²) in [5, 5.41) is 6.82. The van der Waals surface area contributed by atoms with Gasteiger partial charge in [0.15, 0.2) is 0 Å². The molecule has 3 rings (SSSR count). The first-order chi connectivity index (χ1) is 14.1. The quantitative estimate of drug-likeness (QED) is 0.611. The van der Waals surface area contributed by atoms with E-state index >= 15 is 0 Å². The summed E-state index contributed by atoms with van der Waals surface area (Å²) in [5.41, 5.74) is 1.91. The highest BCUT2D eigenvalue weighted by atomic mass is 32.2. The van der Waals surface area contributed by atoms with Crippen LogP contribution in [0.5, 0.6) is 0 Å². The zero-order chi connectivity index (χ0) is 21.9. The zero-order valence-electron chi connectivity index (χ0n) is 17.6. The Balaban J connectivity index is 1.76. The van der Waals surface area contributed by atoms with Gasteiger partial charge in [0.25, 0.3) is 0 Å². The molecule has 8 nitrogen and oxygen atoms in total. The van der Waals surface area contributed by atoms with E-state index in [0.29, 0.717) is 25.8 Å². The summed E-state index contributed by atoms with van der Waals surface area (Å²) in [6, 6.07) is 6.79. The van der Waals surface area contributed by atoms with Crippen molar-refractivity contribution in [1.82, 2.24) is 19.9 Å². The summed E-state index contributed by atoms with van der Waals surface area (Å²) in [7, 11) is -3.30. The van der Waals surface area contributed by atoms with Crippen LogP contribution >= 0.6 is 0 Å². The van der Waals surface area contributed by atoms with E-state index < -0.39 is 16.1 Å². The molecular formula is C21H30N4O4S. The second-order valence-electron chi connectivity index (χ2n) is 8.25. The van der Waals surface area contributed by atoms with Crippen LogP contribution in [0.15, 0.2) is 30.5 Å². The number of fused-ring (bicyclic) bond motifs is 1. The first-order valence-electron chi connectivity index (χ1n) is 10.3. The van der Waals surface area contributed by atoms with Gasteiger partial charge in [-0.2, -0.15) is 0 Å². The molecule has 1 fully saturated rings. The molecule has 1 aromatic carbocycles. The highest BCUT2D eigenvalue weighted by molar-refractivity contribution is 7.88. The first-order valence-corrected chi connectivity index (χ1v) is 12.1. The van der Waals surface area contributed by atoms with E-state index in [0.717, 1.165) is 16.5 Å². The number of H-pyrrole nitrogens is 1. The molecule has 1 saturated heterocycles. The lowest BCUT2D eigenvalue weighted by Gasteiger charge is -2.32. The Labute approximate surface area is 177 Å². The Hall–Kier alpha value is -2.39. The van der Waals surface area contributed by atoms with Crippen molar-refractivity contribution in [3.05, 3.63) is 36.0 Å². The van der Waals surface area contributed by atoms with Crippen molar-refractivity contribution in [2.45, 2.75) is 45.2 Å². The Kier molecular flexibility index (Phi) is 6.82. The molecule has 0 radical (unpaired) electrons. The van der Waals surface area contributed by atoms with Gasteiger partial charge in [-0.25, -0.2) is 12.7 Å². The van der Waals surface area contributed by atoms with Gasteiger partial charge in [-0.05, 0) is 24.5 Å². The molecule has 3 N–H and O–H groups in total. The molecule has 1 aromatic heterocycles. The number of hydrogen-bond acceptors (Lipinski definition) is 4. The molecule has 2 amide bonds. The summed E-state index contributed by atoms with van der Waals surface area (Å²) in [5.74, 6) is -0.746. The number of amides is 2. The summed E-state index contributed by atoms with van der Waals surface area (Å²) in [6.45, 7) is 4.28. The van der Waals surface area contributed by atoms with Crippen molar-refractivity contribution in [3.8, 4) is 0 Å². The van der Waals surface area contributed by atoms with Gasteiger partial charge in [-0.1, -0.05) is 32.0 Å². The second kappa shape index (κ2) is 9.18. The monoisotopic (exact) mass is 434 g/mol. The van der Waals surface area contributed by atoms with Crippen molar-refractivity contribution in [2.75, 3.05) is 19.3 Å². The lowest BCUT2D eigenvalue weighted by atomic mass is 10.0. The van der Waals surface area contributed by atoms with E-state index in [2.05, 4.69) is 15.6 Å². The maximum atomic E-state index is 13.1. The minimum Gasteiger partial charge on any atom is -0.361 e. The minimum atomic E-state index is -3.30.